The van der Waals surface area contributed by atoms with E-state index in [1.807, 2.05) is 19.1 Å². The van der Waals surface area contributed by atoms with Gasteiger partial charge in [0.25, 0.3) is 5.91 Å². The number of benzene rings is 2. The predicted molar refractivity (Wildman–Crippen MR) is 116 cm³/mol. The largest absolute Gasteiger partial charge is 0.489 e. The van der Waals surface area contributed by atoms with Gasteiger partial charge in [-0.2, -0.15) is 0 Å². The highest BCUT2D eigenvalue weighted by atomic mass is 16.5. The summed E-state index contributed by atoms with van der Waals surface area (Å²) in [5.74, 6) is 0.537. The SMILES string of the molecule is C=C(C)COc1cccc(C(=O)Nc2cccc(NC(=O)C3CCCCC3)c2)c1. The molecular formula is C24H28N2O3. The lowest BCUT2D eigenvalue weighted by molar-refractivity contribution is -0.120. The summed E-state index contributed by atoms with van der Waals surface area (Å²) in [4.78, 5) is 25.1. The number of amides is 2. The second kappa shape index (κ2) is 9.92. The van der Waals surface area contributed by atoms with Gasteiger partial charge in [0.1, 0.15) is 12.4 Å². The number of carbonyl (C=O) groups excluding carboxylic acids is 2. The molecule has 0 heterocycles. The van der Waals surface area contributed by atoms with Gasteiger partial charge in [0.15, 0.2) is 0 Å². The Bertz CT molecular complexity index is 885. The smallest absolute Gasteiger partial charge is 0.255 e. The molecule has 0 spiro atoms. The third-order valence-corrected chi connectivity index (χ3v) is 4.95. The molecule has 0 atom stereocenters. The summed E-state index contributed by atoms with van der Waals surface area (Å²) in [6, 6.07) is 14.3. The second-order valence-corrected chi connectivity index (χ2v) is 7.63. The number of nitrogens with one attached hydrogen (secondary N) is 2. The van der Waals surface area contributed by atoms with E-state index in [0.717, 1.165) is 31.3 Å². The number of hydrogen-bond donors (Lipinski definition) is 2. The number of rotatable bonds is 7. The molecule has 29 heavy (non-hydrogen) atoms. The molecule has 0 radical (unpaired) electrons. The van der Waals surface area contributed by atoms with E-state index < -0.39 is 0 Å². The van der Waals surface area contributed by atoms with Crippen LogP contribution in [0.25, 0.3) is 0 Å². The fraction of sp³-hybridized carbons (Fsp3) is 0.333. The van der Waals surface area contributed by atoms with Gasteiger partial charge in [-0.05, 0) is 61.7 Å². The molecule has 1 fully saturated rings. The molecule has 2 aromatic carbocycles. The van der Waals surface area contributed by atoms with E-state index in [2.05, 4.69) is 17.2 Å². The van der Waals surface area contributed by atoms with E-state index in [4.69, 9.17) is 4.74 Å². The van der Waals surface area contributed by atoms with Crippen LogP contribution in [0.15, 0.2) is 60.7 Å². The van der Waals surface area contributed by atoms with Gasteiger partial charge in [-0.3, -0.25) is 9.59 Å². The first-order valence-corrected chi connectivity index (χ1v) is 10.1. The standard InChI is InChI=1S/C24H28N2O3/c1-17(2)16-29-22-13-6-10-19(14-22)24(28)26-21-12-7-11-20(15-21)25-23(27)18-8-4-3-5-9-18/h6-7,10-15,18H,1,3-5,8-9,16H2,2H3,(H,25,27)(H,26,28). The van der Waals surface area contributed by atoms with Crippen LogP contribution >= 0.6 is 0 Å². The minimum atomic E-state index is -0.235. The Morgan fingerprint density at radius 1 is 1.00 bits per heavy atom. The maximum absolute atomic E-state index is 12.6. The molecule has 0 bridgehead atoms. The molecular weight excluding hydrogens is 364 g/mol. The van der Waals surface area contributed by atoms with Crippen LogP contribution < -0.4 is 15.4 Å². The van der Waals surface area contributed by atoms with Crippen LogP contribution in [0.3, 0.4) is 0 Å². The van der Waals surface area contributed by atoms with E-state index in [0.29, 0.717) is 29.3 Å². The number of carbonyl (C=O) groups is 2. The van der Waals surface area contributed by atoms with E-state index in [1.54, 1.807) is 36.4 Å². The lowest BCUT2D eigenvalue weighted by Crippen LogP contribution is -2.24. The quantitative estimate of drug-likeness (QED) is 0.619. The summed E-state index contributed by atoms with van der Waals surface area (Å²) in [7, 11) is 0. The lowest BCUT2D eigenvalue weighted by atomic mass is 9.88. The van der Waals surface area contributed by atoms with Crippen LogP contribution in [0.1, 0.15) is 49.4 Å². The summed E-state index contributed by atoms with van der Waals surface area (Å²) >= 11 is 0. The van der Waals surface area contributed by atoms with E-state index in [1.165, 1.54) is 6.42 Å². The summed E-state index contributed by atoms with van der Waals surface area (Å²) < 4.78 is 5.60. The van der Waals surface area contributed by atoms with E-state index in [9.17, 15) is 9.59 Å². The Kier molecular flexibility index (Phi) is 7.06. The van der Waals surface area contributed by atoms with E-state index >= 15 is 0 Å². The van der Waals surface area contributed by atoms with Crippen molar-refractivity contribution in [3.05, 3.63) is 66.2 Å². The molecule has 0 unspecified atom stereocenters. The van der Waals surface area contributed by atoms with Crippen LogP contribution in [0, 0.1) is 5.92 Å². The zero-order valence-corrected chi connectivity index (χ0v) is 16.9. The van der Waals surface area contributed by atoms with Crippen molar-refractivity contribution in [1.82, 2.24) is 0 Å². The predicted octanol–water partition coefficient (Wildman–Crippen LogP) is 5.41. The lowest BCUT2D eigenvalue weighted by Gasteiger charge is -2.20. The van der Waals surface area contributed by atoms with Gasteiger partial charge in [-0.25, -0.2) is 0 Å². The topological polar surface area (TPSA) is 67.4 Å². The van der Waals surface area contributed by atoms with Crippen molar-refractivity contribution in [2.75, 3.05) is 17.2 Å². The molecule has 0 saturated heterocycles. The monoisotopic (exact) mass is 392 g/mol. The third kappa shape index (κ3) is 6.21. The van der Waals surface area contributed by atoms with Crippen LogP contribution in [0.4, 0.5) is 11.4 Å². The Labute approximate surface area is 172 Å². The van der Waals surface area contributed by atoms with Crippen LogP contribution in [-0.2, 0) is 4.79 Å². The van der Waals surface area contributed by atoms with Gasteiger partial charge in [0, 0.05) is 22.9 Å². The third-order valence-electron chi connectivity index (χ3n) is 4.95. The Morgan fingerprint density at radius 2 is 1.69 bits per heavy atom. The fourth-order valence-electron chi connectivity index (χ4n) is 3.42. The molecule has 5 heteroatoms. The first-order valence-electron chi connectivity index (χ1n) is 10.1. The Hall–Kier alpha value is -3.08. The van der Waals surface area contributed by atoms with Gasteiger partial charge in [0.2, 0.25) is 5.91 Å². The number of hydrogen-bond acceptors (Lipinski definition) is 3. The average Bonchev–Trinajstić information content (AvgIpc) is 2.73. The first-order chi connectivity index (χ1) is 14.0. The maximum atomic E-state index is 12.6. The molecule has 1 saturated carbocycles. The highest BCUT2D eigenvalue weighted by Gasteiger charge is 2.21. The van der Waals surface area contributed by atoms with Gasteiger partial charge >= 0.3 is 0 Å². The van der Waals surface area contributed by atoms with Gasteiger partial charge < -0.3 is 15.4 Å². The summed E-state index contributed by atoms with van der Waals surface area (Å²) in [5, 5.41) is 5.86. The zero-order valence-electron chi connectivity index (χ0n) is 16.9. The molecule has 1 aliphatic rings. The molecule has 0 aliphatic heterocycles. The highest BCUT2D eigenvalue weighted by molar-refractivity contribution is 6.05. The van der Waals surface area contributed by atoms with Crippen molar-refractivity contribution < 1.29 is 14.3 Å². The van der Waals surface area contributed by atoms with Crippen molar-refractivity contribution in [2.45, 2.75) is 39.0 Å². The molecule has 5 nitrogen and oxygen atoms in total. The minimum Gasteiger partial charge on any atom is -0.489 e. The van der Waals surface area contributed by atoms with Crippen LogP contribution in [0.2, 0.25) is 0 Å². The van der Waals surface area contributed by atoms with Crippen molar-refractivity contribution >= 4 is 23.2 Å². The highest BCUT2D eigenvalue weighted by Crippen LogP contribution is 2.25. The summed E-state index contributed by atoms with van der Waals surface area (Å²) in [6.07, 6.45) is 5.34. The molecule has 2 aromatic rings. The number of ether oxygens (including phenoxy) is 1. The minimum absolute atomic E-state index is 0.0653. The first kappa shape index (κ1) is 20.6. The Balaban J connectivity index is 1.62. The second-order valence-electron chi connectivity index (χ2n) is 7.63. The molecule has 152 valence electrons. The summed E-state index contributed by atoms with van der Waals surface area (Å²) in [5.41, 5.74) is 2.73. The molecule has 0 aromatic heterocycles. The van der Waals surface area contributed by atoms with Gasteiger partial charge in [0.05, 0.1) is 0 Å². The van der Waals surface area contributed by atoms with Crippen molar-refractivity contribution in [1.29, 1.82) is 0 Å². The molecule has 2 amide bonds. The molecule has 3 rings (SSSR count). The normalized spacial score (nSPS) is 14.1. The molecule has 1 aliphatic carbocycles. The summed E-state index contributed by atoms with van der Waals surface area (Å²) in [6.45, 7) is 6.10. The number of anilines is 2. The zero-order chi connectivity index (χ0) is 20.6. The van der Waals surface area contributed by atoms with Crippen molar-refractivity contribution in [3.63, 3.8) is 0 Å². The van der Waals surface area contributed by atoms with Crippen molar-refractivity contribution in [3.8, 4) is 5.75 Å². The molecule has 2 N–H and O–H groups in total. The maximum Gasteiger partial charge on any atom is 0.255 e. The van der Waals surface area contributed by atoms with Gasteiger partial charge in [-0.1, -0.05) is 38.0 Å². The fourth-order valence-corrected chi connectivity index (χ4v) is 3.42. The van der Waals surface area contributed by atoms with Crippen molar-refractivity contribution in [2.24, 2.45) is 5.92 Å². The average molecular weight is 392 g/mol. The van der Waals surface area contributed by atoms with E-state index in [-0.39, 0.29) is 17.7 Å². The van der Waals surface area contributed by atoms with Gasteiger partial charge in [-0.15, -0.1) is 0 Å². The van der Waals surface area contributed by atoms with Crippen LogP contribution in [0.5, 0.6) is 5.75 Å². The van der Waals surface area contributed by atoms with Crippen LogP contribution in [-0.4, -0.2) is 18.4 Å². The Morgan fingerprint density at radius 3 is 2.41 bits per heavy atom.